The molecule has 2 aromatic carbocycles. The second-order valence-corrected chi connectivity index (χ2v) is 6.89. The molecule has 0 radical (unpaired) electrons. The zero-order chi connectivity index (χ0) is 13.8. The number of nitrogens with one attached hydrogen (secondary N) is 1. The van der Waals surface area contributed by atoms with Crippen LogP contribution in [0, 0.1) is 0 Å². The third kappa shape index (κ3) is 4.07. The zero-order valence-corrected chi connectivity index (χ0v) is 15.3. The Bertz CT molecular complexity index is 541. The number of halogens is 3. The molecule has 0 aliphatic heterocycles. The van der Waals surface area contributed by atoms with Crippen LogP contribution in [0.15, 0.2) is 49.8 Å². The van der Waals surface area contributed by atoms with E-state index in [2.05, 4.69) is 84.3 Å². The van der Waals surface area contributed by atoms with Crippen LogP contribution in [0.3, 0.4) is 0 Å². The van der Waals surface area contributed by atoms with Gasteiger partial charge in [0.15, 0.2) is 0 Å². The van der Waals surface area contributed by atoms with Gasteiger partial charge in [-0.2, -0.15) is 0 Å². The van der Waals surface area contributed by atoms with E-state index in [0.717, 1.165) is 32.1 Å². The average Bonchev–Trinajstić information content (AvgIpc) is 2.38. The maximum absolute atomic E-state index is 3.57. The number of anilines is 1. The summed E-state index contributed by atoms with van der Waals surface area (Å²) in [5, 5.41) is 3.45. The van der Waals surface area contributed by atoms with Crippen LogP contribution < -0.4 is 5.32 Å². The van der Waals surface area contributed by atoms with Crippen LogP contribution in [0.2, 0.25) is 0 Å². The second-order valence-electron chi connectivity index (χ2n) is 4.27. The predicted molar refractivity (Wildman–Crippen MR) is 92.7 cm³/mol. The van der Waals surface area contributed by atoms with Crippen molar-refractivity contribution in [1.82, 2.24) is 0 Å². The van der Waals surface area contributed by atoms with E-state index in [1.807, 2.05) is 12.1 Å². The molecule has 0 aliphatic rings. The van der Waals surface area contributed by atoms with Crippen LogP contribution in [0.4, 0.5) is 5.69 Å². The maximum atomic E-state index is 3.57. The van der Waals surface area contributed by atoms with Crippen molar-refractivity contribution in [3.05, 3.63) is 60.9 Å². The Morgan fingerprint density at radius 1 is 0.895 bits per heavy atom. The fourth-order valence-corrected chi connectivity index (χ4v) is 4.33. The highest BCUT2D eigenvalue weighted by Gasteiger charge is 2.06. The van der Waals surface area contributed by atoms with E-state index in [1.54, 1.807) is 0 Å². The molecule has 0 spiro atoms. The fourth-order valence-electron chi connectivity index (χ4n) is 1.79. The monoisotopic (exact) mass is 445 g/mol. The Morgan fingerprint density at radius 3 is 1.95 bits per heavy atom. The third-order valence-electron chi connectivity index (χ3n) is 2.91. The summed E-state index contributed by atoms with van der Waals surface area (Å²) in [5.41, 5.74) is 3.72. The Kier molecular flexibility index (Phi) is 5.48. The van der Waals surface area contributed by atoms with Gasteiger partial charge in [-0.05, 0) is 61.5 Å². The quantitative estimate of drug-likeness (QED) is 0.592. The van der Waals surface area contributed by atoms with Gasteiger partial charge >= 0.3 is 0 Å². The molecule has 1 N–H and O–H groups in total. The molecule has 4 heteroatoms. The van der Waals surface area contributed by atoms with E-state index >= 15 is 0 Å². The number of rotatable bonds is 4. The SMILES string of the molecule is CCc1ccc(CNc2c(Br)cc(Br)cc2Br)cc1. The van der Waals surface area contributed by atoms with Crippen molar-refractivity contribution in [2.24, 2.45) is 0 Å². The Hall–Kier alpha value is -0.320. The first-order valence-corrected chi connectivity index (χ1v) is 8.44. The van der Waals surface area contributed by atoms with Gasteiger partial charge in [0.05, 0.1) is 5.69 Å². The molecule has 0 amide bonds. The van der Waals surface area contributed by atoms with Crippen LogP contribution in [-0.2, 0) is 13.0 Å². The lowest BCUT2D eigenvalue weighted by molar-refractivity contribution is 1.10. The van der Waals surface area contributed by atoms with E-state index in [9.17, 15) is 0 Å². The lowest BCUT2D eigenvalue weighted by Gasteiger charge is -2.12. The highest BCUT2D eigenvalue weighted by atomic mass is 79.9. The van der Waals surface area contributed by atoms with Crippen molar-refractivity contribution < 1.29 is 0 Å². The molecule has 1 nitrogen and oxygen atoms in total. The third-order valence-corrected chi connectivity index (χ3v) is 4.62. The number of hydrogen-bond acceptors (Lipinski definition) is 1. The summed E-state index contributed by atoms with van der Waals surface area (Å²) in [6, 6.07) is 12.8. The molecule has 19 heavy (non-hydrogen) atoms. The summed E-state index contributed by atoms with van der Waals surface area (Å²) in [6.07, 6.45) is 1.08. The smallest absolute Gasteiger partial charge is 0.0632 e. The van der Waals surface area contributed by atoms with Gasteiger partial charge in [-0.25, -0.2) is 0 Å². The molecule has 0 atom stereocenters. The molecule has 0 saturated heterocycles. The van der Waals surface area contributed by atoms with Gasteiger partial charge in [-0.15, -0.1) is 0 Å². The van der Waals surface area contributed by atoms with Crippen molar-refractivity contribution in [3.8, 4) is 0 Å². The Labute approximate surface area is 139 Å². The van der Waals surface area contributed by atoms with Crippen LogP contribution in [0.5, 0.6) is 0 Å². The second kappa shape index (κ2) is 6.91. The summed E-state index contributed by atoms with van der Waals surface area (Å²) in [4.78, 5) is 0. The number of hydrogen-bond donors (Lipinski definition) is 1. The predicted octanol–water partition coefficient (Wildman–Crippen LogP) is 6.15. The molecular formula is C15H14Br3N. The topological polar surface area (TPSA) is 12.0 Å². The summed E-state index contributed by atoms with van der Waals surface area (Å²) in [5.74, 6) is 0. The van der Waals surface area contributed by atoms with Gasteiger partial charge in [-0.3, -0.25) is 0 Å². The van der Waals surface area contributed by atoms with Gasteiger partial charge in [0, 0.05) is 20.0 Å². The minimum atomic E-state index is 0.808. The summed E-state index contributed by atoms with van der Waals surface area (Å²) in [7, 11) is 0. The van der Waals surface area contributed by atoms with E-state index in [1.165, 1.54) is 11.1 Å². The van der Waals surface area contributed by atoms with Crippen molar-refractivity contribution >= 4 is 53.5 Å². The molecule has 0 bridgehead atoms. The van der Waals surface area contributed by atoms with Crippen LogP contribution >= 0.6 is 47.8 Å². The molecule has 0 unspecified atom stereocenters. The molecule has 100 valence electrons. The maximum Gasteiger partial charge on any atom is 0.0632 e. The normalized spacial score (nSPS) is 10.5. The first kappa shape index (κ1) is 15.1. The fraction of sp³-hybridized carbons (Fsp3) is 0.200. The van der Waals surface area contributed by atoms with Crippen molar-refractivity contribution in [3.63, 3.8) is 0 Å². The van der Waals surface area contributed by atoms with Crippen molar-refractivity contribution in [1.29, 1.82) is 0 Å². The van der Waals surface area contributed by atoms with Gasteiger partial charge in [0.25, 0.3) is 0 Å². The standard InChI is InChI=1S/C15H14Br3N/c1-2-10-3-5-11(6-4-10)9-19-15-13(17)7-12(16)8-14(15)18/h3-8,19H,2,9H2,1H3. The molecule has 0 saturated carbocycles. The van der Waals surface area contributed by atoms with Crippen LogP contribution in [-0.4, -0.2) is 0 Å². The first-order chi connectivity index (χ1) is 9.10. The Morgan fingerprint density at radius 2 is 1.42 bits per heavy atom. The largest absolute Gasteiger partial charge is 0.379 e. The molecule has 0 aromatic heterocycles. The molecular weight excluding hydrogens is 434 g/mol. The zero-order valence-electron chi connectivity index (χ0n) is 10.5. The molecule has 0 aliphatic carbocycles. The lowest BCUT2D eigenvalue weighted by Crippen LogP contribution is -2.01. The molecule has 0 heterocycles. The Balaban J connectivity index is 2.10. The van der Waals surface area contributed by atoms with Crippen LogP contribution in [0.1, 0.15) is 18.1 Å². The van der Waals surface area contributed by atoms with E-state index in [-0.39, 0.29) is 0 Å². The summed E-state index contributed by atoms with van der Waals surface area (Å²) < 4.78 is 3.13. The average molecular weight is 448 g/mol. The van der Waals surface area contributed by atoms with Crippen LogP contribution in [0.25, 0.3) is 0 Å². The first-order valence-electron chi connectivity index (χ1n) is 6.06. The number of aryl methyl sites for hydroxylation is 1. The lowest BCUT2D eigenvalue weighted by atomic mass is 10.1. The van der Waals surface area contributed by atoms with Crippen molar-refractivity contribution in [2.75, 3.05) is 5.32 Å². The molecule has 2 aromatic rings. The minimum Gasteiger partial charge on any atom is -0.379 e. The van der Waals surface area contributed by atoms with Gasteiger partial charge in [0.2, 0.25) is 0 Å². The molecule has 2 rings (SSSR count). The minimum absolute atomic E-state index is 0.808. The van der Waals surface area contributed by atoms with E-state index in [0.29, 0.717) is 0 Å². The highest BCUT2D eigenvalue weighted by Crippen LogP contribution is 2.34. The van der Waals surface area contributed by atoms with Gasteiger partial charge in [0.1, 0.15) is 0 Å². The summed E-state index contributed by atoms with van der Waals surface area (Å²) >= 11 is 10.6. The van der Waals surface area contributed by atoms with E-state index in [4.69, 9.17) is 0 Å². The van der Waals surface area contributed by atoms with Gasteiger partial charge in [-0.1, -0.05) is 47.1 Å². The van der Waals surface area contributed by atoms with Crippen molar-refractivity contribution in [2.45, 2.75) is 19.9 Å². The van der Waals surface area contributed by atoms with E-state index < -0.39 is 0 Å². The number of benzene rings is 2. The highest BCUT2D eigenvalue weighted by molar-refractivity contribution is 9.11. The van der Waals surface area contributed by atoms with Gasteiger partial charge < -0.3 is 5.32 Å². The summed E-state index contributed by atoms with van der Waals surface area (Å²) in [6.45, 7) is 2.98. The molecule has 0 fully saturated rings.